The number of piperidine rings is 2. The number of fused-ring (bicyclic) bond motifs is 1. The van der Waals surface area contributed by atoms with Crippen LogP contribution in [0.25, 0.3) is 16.9 Å². The molecule has 2 aliphatic heterocycles. The summed E-state index contributed by atoms with van der Waals surface area (Å²) in [6.45, 7) is 6.24. The molecule has 1 unspecified atom stereocenters. The Kier molecular flexibility index (Phi) is 8.53. The molecule has 12 nitrogen and oxygen atoms in total. The van der Waals surface area contributed by atoms with Crippen LogP contribution in [0, 0.1) is 11.3 Å². The van der Waals surface area contributed by atoms with E-state index in [9.17, 15) is 19.6 Å². The summed E-state index contributed by atoms with van der Waals surface area (Å²) in [4.78, 5) is 53.5. The van der Waals surface area contributed by atoms with Crippen LogP contribution in [0.4, 0.5) is 5.69 Å². The molecule has 0 spiro atoms. The molecule has 2 saturated heterocycles. The first-order valence-corrected chi connectivity index (χ1v) is 15.2. The number of aromatic nitrogens is 4. The predicted molar refractivity (Wildman–Crippen MR) is 167 cm³/mol. The maximum absolute atomic E-state index is 13.5. The van der Waals surface area contributed by atoms with Gasteiger partial charge in [-0.25, -0.2) is 9.97 Å². The van der Waals surface area contributed by atoms with E-state index in [1.54, 1.807) is 18.5 Å². The highest BCUT2D eigenvalue weighted by Gasteiger charge is 2.31. The Morgan fingerprint density at radius 1 is 1.11 bits per heavy atom. The van der Waals surface area contributed by atoms with E-state index in [0.717, 1.165) is 42.6 Å². The number of likely N-dealkylation sites (tertiary alicyclic amines) is 1. The molecule has 2 fully saturated rings. The minimum Gasteiger partial charge on any atom is -0.382 e. The zero-order valence-corrected chi connectivity index (χ0v) is 25.3. The van der Waals surface area contributed by atoms with Crippen LogP contribution in [0.1, 0.15) is 72.6 Å². The van der Waals surface area contributed by atoms with Gasteiger partial charge in [-0.1, -0.05) is 6.07 Å². The van der Waals surface area contributed by atoms with Gasteiger partial charge in [-0.2, -0.15) is 5.26 Å². The Balaban J connectivity index is 1.11. The molecule has 6 heterocycles. The minimum absolute atomic E-state index is 0.00996. The minimum atomic E-state index is -0.423. The van der Waals surface area contributed by atoms with Crippen LogP contribution in [0.5, 0.6) is 0 Å². The normalized spacial score (nSPS) is 17.7. The van der Waals surface area contributed by atoms with Crippen molar-refractivity contribution in [2.24, 2.45) is 0 Å². The van der Waals surface area contributed by atoms with Gasteiger partial charge in [0.1, 0.15) is 17.5 Å². The third-order valence-corrected chi connectivity index (χ3v) is 8.29. The molecule has 45 heavy (non-hydrogen) atoms. The molecule has 0 aromatic carbocycles. The molecule has 0 radical (unpaired) electrons. The molecule has 4 aromatic rings. The number of hydrogen-bond acceptors (Lipinski definition) is 9. The van der Waals surface area contributed by atoms with E-state index in [1.165, 1.54) is 6.20 Å². The van der Waals surface area contributed by atoms with Gasteiger partial charge in [-0.15, -0.1) is 0 Å². The summed E-state index contributed by atoms with van der Waals surface area (Å²) in [6.07, 6.45) is 9.02. The third kappa shape index (κ3) is 6.53. The second kappa shape index (κ2) is 12.8. The van der Waals surface area contributed by atoms with Crippen LogP contribution in [0.3, 0.4) is 0 Å². The molecule has 1 atom stereocenters. The Labute approximate surface area is 260 Å². The highest BCUT2D eigenvalue weighted by Crippen LogP contribution is 2.28. The van der Waals surface area contributed by atoms with Crippen LogP contribution in [0.2, 0.25) is 0 Å². The first-order chi connectivity index (χ1) is 21.8. The summed E-state index contributed by atoms with van der Waals surface area (Å²) >= 11 is 0. The average molecular weight is 606 g/mol. The third-order valence-electron chi connectivity index (χ3n) is 8.29. The summed E-state index contributed by atoms with van der Waals surface area (Å²) < 4.78 is 1.84. The second-order valence-electron chi connectivity index (χ2n) is 11.9. The van der Waals surface area contributed by atoms with Gasteiger partial charge in [0, 0.05) is 74.4 Å². The van der Waals surface area contributed by atoms with Gasteiger partial charge in [0.2, 0.25) is 11.8 Å². The number of nitriles is 1. The van der Waals surface area contributed by atoms with Crippen LogP contribution in [-0.2, 0) is 16.1 Å². The first kappa shape index (κ1) is 29.9. The van der Waals surface area contributed by atoms with E-state index < -0.39 is 5.92 Å². The highest BCUT2D eigenvalue weighted by molar-refractivity contribution is 6.01. The van der Waals surface area contributed by atoms with E-state index >= 15 is 0 Å². The molecule has 0 saturated carbocycles. The van der Waals surface area contributed by atoms with Gasteiger partial charge in [-0.3, -0.25) is 34.2 Å². The fourth-order valence-electron chi connectivity index (χ4n) is 6.05. The zero-order chi connectivity index (χ0) is 31.5. The van der Waals surface area contributed by atoms with Crippen molar-refractivity contribution in [3.8, 4) is 11.9 Å². The van der Waals surface area contributed by atoms with E-state index in [4.69, 9.17) is 0 Å². The topological polar surface area (TPSA) is 158 Å². The summed E-state index contributed by atoms with van der Waals surface area (Å²) in [5.74, 6) is -0.513. The molecule has 3 amide bonds. The quantitative estimate of drug-likeness (QED) is 0.256. The maximum Gasteiger partial charge on any atom is 0.255 e. The molecular formula is C33H35N9O3. The lowest BCUT2D eigenvalue weighted by molar-refractivity contribution is -0.134. The lowest BCUT2D eigenvalue weighted by Gasteiger charge is -2.33. The number of rotatable bonds is 8. The molecule has 6 rings (SSSR count). The Bertz CT molecular complexity index is 1800. The van der Waals surface area contributed by atoms with Gasteiger partial charge in [0.15, 0.2) is 0 Å². The van der Waals surface area contributed by atoms with Gasteiger partial charge in [0.05, 0.1) is 28.4 Å². The fourth-order valence-corrected chi connectivity index (χ4v) is 6.05. The van der Waals surface area contributed by atoms with Crippen molar-refractivity contribution in [1.82, 2.24) is 35.1 Å². The first-order valence-electron chi connectivity index (χ1n) is 15.2. The van der Waals surface area contributed by atoms with Crippen LogP contribution in [-0.4, -0.2) is 67.3 Å². The fraction of sp³-hybridized carbons (Fsp3) is 0.364. The van der Waals surface area contributed by atoms with Crippen molar-refractivity contribution >= 4 is 34.4 Å². The SMILES string of the molecule is CC(C)Nc1cc(-n2ccc3cc(C#N)cnc32)ncc1C(=O)NC1CCN(Cc2cccnc2C2CCC(=O)NC2=O)CC1. The molecule has 0 aliphatic carbocycles. The number of imide groups is 1. The largest absolute Gasteiger partial charge is 0.382 e. The number of amides is 3. The molecule has 4 aromatic heterocycles. The summed E-state index contributed by atoms with van der Waals surface area (Å²) in [5.41, 5.74) is 4.03. The van der Waals surface area contributed by atoms with Gasteiger partial charge < -0.3 is 10.6 Å². The zero-order valence-electron chi connectivity index (χ0n) is 25.3. The highest BCUT2D eigenvalue weighted by atomic mass is 16.2. The number of anilines is 1. The standard InChI is InChI=1S/C33H35N9O3/c1-20(2)38-27-15-28(42-13-7-22-14-21(16-34)17-37-31(22)42)36-18-26(27)33(45)39-24-8-11-41(12-9-24)19-23-4-3-10-35-30(23)25-5-6-29(43)40-32(25)44/h3-4,7,10,13-15,17-18,20,24-25H,5-6,8-9,11-12,19H2,1-2H3,(H,36,38)(H,39,45)(H,40,43,44). The van der Waals surface area contributed by atoms with Gasteiger partial charge in [0.25, 0.3) is 5.91 Å². The van der Waals surface area contributed by atoms with E-state index in [2.05, 4.69) is 41.9 Å². The number of nitrogens with one attached hydrogen (secondary N) is 3. The summed E-state index contributed by atoms with van der Waals surface area (Å²) in [5, 5.41) is 19.1. The number of pyridine rings is 3. The average Bonchev–Trinajstić information content (AvgIpc) is 3.45. The van der Waals surface area contributed by atoms with Crippen molar-refractivity contribution in [2.45, 2.75) is 64.1 Å². The summed E-state index contributed by atoms with van der Waals surface area (Å²) in [7, 11) is 0. The van der Waals surface area contributed by atoms with E-state index in [-0.39, 0.29) is 29.8 Å². The number of hydrogen-bond donors (Lipinski definition) is 3. The van der Waals surface area contributed by atoms with Crippen molar-refractivity contribution in [3.05, 3.63) is 77.5 Å². The molecule has 230 valence electrons. The van der Waals surface area contributed by atoms with Crippen molar-refractivity contribution in [1.29, 1.82) is 5.26 Å². The molecular weight excluding hydrogens is 570 g/mol. The van der Waals surface area contributed by atoms with E-state index in [1.807, 2.05) is 48.9 Å². The lowest BCUT2D eigenvalue weighted by Crippen LogP contribution is -2.45. The number of carbonyl (C=O) groups excluding carboxylic acids is 3. The molecule has 2 aliphatic rings. The van der Waals surface area contributed by atoms with Crippen LogP contribution >= 0.6 is 0 Å². The molecule has 12 heteroatoms. The Hall–Kier alpha value is -5.15. The van der Waals surface area contributed by atoms with Gasteiger partial charge in [-0.05, 0) is 56.9 Å². The van der Waals surface area contributed by atoms with Crippen LogP contribution < -0.4 is 16.0 Å². The Morgan fingerprint density at radius 2 is 1.93 bits per heavy atom. The van der Waals surface area contributed by atoms with Crippen molar-refractivity contribution in [2.75, 3.05) is 18.4 Å². The van der Waals surface area contributed by atoms with Crippen molar-refractivity contribution < 1.29 is 14.4 Å². The number of carbonyl (C=O) groups is 3. The maximum atomic E-state index is 13.5. The van der Waals surface area contributed by atoms with E-state index in [0.29, 0.717) is 47.7 Å². The monoisotopic (exact) mass is 605 g/mol. The van der Waals surface area contributed by atoms with Crippen LogP contribution in [0.15, 0.2) is 55.1 Å². The van der Waals surface area contributed by atoms with Gasteiger partial charge >= 0.3 is 0 Å². The predicted octanol–water partition coefficient (Wildman–Crippen LogP) is 3.42. The smallest absolute Gasteiger partial charge is 0.255 e. The summed E-state index contributed by atoms with van der Waals surface area (Å²) in [6, 6.07) is 11.6. The number of nitrogens with zero attached hydrogens (tertiary/aromatic N) is 6. The second-order valence-corrected chi connectivity index (χ2v) is 11.9. The lowest BCUT2D eigenvalue weighted by atomic mass is 9.91. The Morgan fingerprint density at radius 3 is 2.69 bits per heavy atom. The molecule has 0 bridgehead atoms. The molecule has 3 N–H and O–H groups in total. The van der Waals surface area contributed by atoms with Crippen molar-refractivity contribution in [3.63, 3.8) is 0 Å².